The number of halogens is 1. The van der Waals surface area contributed by atoms with Gasteiger partial charge in [-0.15, -0.1) is 6.58 Å². The molecule has 0 spiro atoms. The van der Waals surface area contributed by atoms with Gasteiger partial charge in [0.1, 0.15) is 0 Å². The van der Waals surface area contributed by atoms with Crippen LogP contribution in [-0.4, -0.2) is 0 Å². The summed E-state index contributed by atoms with van der Waals surface area (Å²) < 4.78 is 0. The summed E-state index contributed by atoms with van der Waals surface area (Å²) in [6.45, 7) is 10.1. The zero-order chi connectivity index (χ0) is 10.7. The summed E-state index contributed by atoms with van der Waals surface area (Å²) in [5.41, 5.74) is 3.79. The number of hydrogen-bond donors (Lipinski definition) is 0. The molecular weight excluding hydrogens is 192 g/mol. The van der Waals surface area contributed by atoms with E-state index in [4.69, 9.17) is 11.6 Å². The molecule has 1 atom stereocenters. The van der Waals surface area contributed by atoms with Gasteiger partial charge in [0.15, 0.2) is 0 Å². The summed E-state index contributed by atoms with van der Waals surface area (Å²) in [6.07, 6.45) is 2.94. The Morgan fingerprint density at radius 1 is 1.36 bits per heavy atom. The molecule has 0 aliphatic rings. The first-order valence-electron chi connectivity index (χ1n) is 4.92. The maximum Gasteiger partial charge on any atom is 0.0441 e. The molecule has 0 heterocycles. The molecule has 0 N–H and O–H groups in total. The van der Waals surface area contributed by atoms with E-state index in [1.807, 2.05) is 12.1 Å². The molecule has 0 fully saturated rings. The molecule has 0 saturated heterocycles. The Morgan fingerprint density at radius 3 is 2.50 bits per heavy atom. The molecule has 76 valence electrons. The Bertz CT molecular complexity index is 339. The minimum atomic E-state index is 0.481. The van der Waals surface area contributed by atoms with Crippen LogP contribution in [0.4, 0.5) is 0 Å². The molecular formula is C13H17Cl. The third kappa shape index (κ3) is 2.62. The number of rotatable bonds is 3. The van der Waals surface area contributed by atoms with Crippen molar-refractivity contribution in [2.75, 3.05) is 0 Å². The van der Waals surface area contributed by atoms with E-state index in [-0.39, 0.29) is 0 Å². The van der Waals surface area contributed by atoms with Crippen molar-refractivity contribution in [3.63, 3.8) is 0 Å². The SMILES string of the molecule is C=CC(C)Cc1cc(C)c(C)cc1Cl. The number of allylic oxidation sites excluding steroid dienone is 1. The van der Waals surface area contributed by atoms with Crippen molar-refractivity contribution in [1.29, 1.82) is 0 Å². The summed E-state index contributed by atoms with van der Waals surface area (Å²) in [5.74, 6) is 0.481. The summed E-state index contributed by atoms with van der Waals surface area (Å²) in [6, 6.07) is 4.22. The van der Waals surface area contributed by atoms with Crippen LogP contribution in [-0.2, 0) is 6.42 Å². The average Bonchev–Trinajstić information content (AvgIpc) is 2.14. The smallest absolute Gasteiger partial charge is 0.0441 e. The van der Waals surface area contributed by atoms with Crippen LogP contribution in [0.25, 0.3) is 0 Å². The van der Waals surface area contributed by atoms with Crippen LogP contribution in [0, 0.1) is 19.8 Å². The fourth-order valence-corrected chi connectivity index (χ4v) is 1.72. The van der Waals surface area contributed by atoms with Gasteiger partial charge in [-0.05, 0) is 48.9 Å². The lowest BCUT2D eigenvalue weighted by Crippen LogP contribution is -1.97. The lowest BCUT2D eigenvalue weighted by Gasteiger charge is -2.10. The first-order chi connectivity index (χ1) is 6.54. The van der Waals surface area contributed by atoms with Gasteiger partial charge < -0.3 is 0 Å². The molecule has 0 nitrogen and oxygen atoms in total. The van der Waals surface area contributed by atoms with Crippen molar-refractivity contribution in [2.24, 2.45) is 5.92 Å². The highest BCUT2D eigenvalue weighted by atomic mass is 35.5. The molecule has 1 rings (SSSR count). The fourth-order valence-electron chi connectivity index (χ4n) is 1.43. The van der Waals surface area contributed by atoms with E-state index >= 15 is 0 Å². The van der Waals surface area contributed by atoms with Gasteiger partial charge in [-0.2, -0.15) is 0 Å². The van der Waals surface area contributed by atoms with Crippen LogP contribution < -0.4 is 0 Å². The van der Waals surface area contributed by atoms with Crippen LogP contribution in [0.1, 0.15) is 23.6 Å². The predicted octanol–water partition coefficient (Wildman–Crippen LogP) is 4.32. The van der Waals surface area contributed by atoms with E-state index in [0.29, 0.717) is 5.92 Å². The predicted molar refractivity (Wildman–Crippen MR) is 64.0 cm³/mol. The summed E-state index contributed by atoms with van der Waals surface area (Å²) in [5, 5.41) is 0.877. The molecule has 14 heavy (non-hydrogen) atoms. The van der Waals surface area contributed by atoms with Crippen molar-refractivity contribution >= 4 is 11.6 Å². The Balaban J connectivity index is 2.97. The molecule has 0 saturated carbocycles. The molecule has 0 bridgehead atoms. The highest BCUT2D eigenvalue weighted by molar-refractivity contribution is 6.31. The number of aryl methyl sites for hydroxylation is 2. The second-order valence-electron chi connectivity index (χ2n) is 3.94. The van der Waals surface area contributed by atoms with Crippen LogP contribution in [0.15, 0.2) is 24.8 Å². The van der Waals surface area contributed by atoms with Crippen molar-refractivity contribution in [2.45, 2.75) is 27.2 Å². The van der Waals surface area contributed by atoms with Crippen LogP contribution in [0.5, 0.6) is 0 Å². The summed E-state index contributed by atoms with van der Waals surface area (Å²) in [7, 11) is 0. The first kappa shape index (κ1) is 11.3. The zero-order valence-corrected chi connectivity index (χ0v) is 9.86. The summed E-state index contributed by atoms with van der Waals surface area (Å²) >= 11 is 6.17. The number of benzene rings is 1. The van der Waals surface area contributed by atoms with Crippen molar-refractivity contribution < 1.29 is 0 Å². The van der Waals surface area contributed by atoms with Gasteiger partial charge in [-0.3, -0.25) is 0 Å². The van der Waals surface area contributed by atoms with Crippen LogP contribution in [0.3, 0.4) is 0 Å². The Labute approximate surface area is 91.6 Å². The van der Waals surface area contributed by atoms with E-state index < -0.39 is 0 Å². The van der Waals surface area contributed by atoms with Gasteiger partial charge in [0.25, 0.3) is 0 Å². The van der Waals surface area contributed by atoms with Gasteiger partial charge in [0, 0.05) is 5.02 Å². The van der Waals surface area contributed by atoms with Crippen LogP contribution >= 0.6 is 11.6 Å². The quantitative estimate of drug-likeness (QED) is 0.649. The van der Waals surface area contributed by atoms with E-state index in [9.17, 15) is 0 Å². The second-order valence-corrected chi connectivity index (χ2v) is 4.35. The lowest BCUT2D eigenvalue weighted by molar-refractivity contribution is 0.725. The van der Waals surface area contributed by atoms with E-state index in [0.717, 1.165) is 11.4 Å². The molecule has 1 aromatic carbocycles. The normalized spacial score (nSPS) is 12.6. The largest absolute Gasteiger partial charge is 0.103 e. The molecule has 0 aliphatic heterocycles. The summed E-state index contributed by atoms with van der Waals surface area (Å²) in [4.78, 5) is 0. The first-order valence-corrected chi connectivity index (χ1v) is 5.30. The topological polar surface area (TPSA) is 0 Å². The van der Waals surface area contributed by atoms with Gasteiger partial charge in [-0.1, -0.05) is 30.7 Å². The van der Waals surface area contributed by atoms with Crippen molar-refractivity contribution in [3.8, 4) is 0 Å². The van der Waals surface area contributed by atoms with Gasteiger partial charge in [0.2, 0.25) is 0 Å². The molecule has 1 heteroatoms. The standard InChI is InChI=1S/C13H17Cl/c1-5-9(2)6-12-7-10(3)11(4)8-13(12)14/h5,7-9H,1,6H2,2-4H3. The highest BCUT2D eigenvalue weighted by Gasteiger charge is 2.06. The molecule has 1 unspecified atom stereocenters. The average molecular weight is 209 g/mol. The van der Waals surface area contributed by atoms with Crippen molar-refractivity contribution in [1.82, 2.24) is 0 Å². The molecule has 0 aromatic heterocycles. The minimum Gasteiger partial charge on any atom is -0.103 e. The molecule has 1 aromatic rings. The third-order valence-electron chi connectivity index (χ3n) is 2.61. The van der Waals surface area contributed by atoms with E-state index in [1.54, 1.807) is 0 Å². The monoisotopic (exact) mass is 208 g/mol. The maximum atomic E-state index is 6.17. The van der Waals surface area contributed by atoms with Crippen molar-refractivity contribution in [3.05, 3.63) is 46.5 Å². The highest BCUT2D eigenvalue weighted by Crippen LogP contribution is 2.23. The maximum absolute atomic E-state index is 6.17. The van der Waals surface area contributed by atoms with Gasteiger partial charge in [-0.25, -0.2) is 0 Å². The lowest BCUT2D eigenvalue weighted by atomic mass is 9.98. The van der Waals surface area contributed by atoms with E-state index in [2.05, 4.69) is 33.4 Å². The minimum absolute atomic E-state index is 0.481. The molecule has 0 radical (unpaired) electrons. The third-order valence-corrected chi connectivity index (χ3v) is 2.96. The Hall–Kier alpha value is -0.750. The fraction of sp³-hybridized carbons (Fsp3) is 0.385. The van der Waals surface area contributed by atoms with Gasteiger partial charge in [0.05, 0.1) is 0 Å². The Morgan fingerprint density at radius 2 is 1.93 bits per heavy atom. The number of hydrogen-bond acceptors (Lipinski definition) is 0. The molecule has 0 aliphatic carbocycles. The second kappa shape index (κ2) is 4.65. The van der Waals surface area contributed by atoms with Gasteiger partial charge >= 0.3 is 0 Å². The van der Waals surface area contributed by atoms with Crippen LogP contribution in [0.2, 0.25) is 5.02 Å². The molecule has 0 amide bonds. The zero-order valence-electron chi connectivity index (χ0n) is 9.10. The van der Waals surface area contributed by atoms with E-state index in [1.165, 1.54) is 16.7 Å². The Kier molecular flexibility index (Phi) is 3.77.